The van der Waals surface area contributed by atoms with E-state index in [-0.39, 0.29) is 22.9 Å². The highest BCUT2D eigenvalue weighted by Gasteiger charge is 2.23. The van der Waals surface area contributed by atoms with E-state index in [1.165, 1.54) is 13.5 Å². The third-order valence-corrected chi connectivity index (χ3v) is 5.23. The van der Waals surface area contributed by atoms with Gasteiger partial charge in [-0.2, -0.15) is 5.26 Å². The highest BCUT2D eigenvalue weighted by molar-refractivity contribution is 7.92. The van der Waals surface area contributed by atoms with Crippen molar-refractivity contribution in [1.29, 1.82) is 5.26 Å². The fourth-order valence-electron chi connectivity index (χ4n) is 2.76. The minimum atomic E-state index is -3.48. The van der Waals surface area contributed by atoms with E-state index in [0.717, 1.165) is 25.7 Å². The summed E-state index contributed by atoms with van der Waals surface area (Å²) in [6, 6.07) is 6.86. The van der Waals surface area contributed by atoms with Crippen molar-refractivity contribution < 1.29 is 13.2 Å². The van der Waals surface area contributed by atoms with Crippen LogP contribution in [0.25, 0.3) is 0 Å². The number of hydrogen-bond acceptors (Lipinski definition) is 4. The van der Waals surface area contributed by atoms with Crippen molar-refractivity contribution in [1.82, 2.24) is 0 Å². The second-order valence-electron chi connectivity index (χ2n) is 5.38. The van der Waals surface area contributed by atoms with Crippen molar-refractivity contribution in [2.75, 3.05) is 17.6 Å². The van der Waals surface area contributed by atoms with Crippen molar-refractivity contribution in [2.45, 2.75) is 32.1 Å². The minimum absolute atomic E-state index is 0.107. The van der Waals surface area contributed by atoms with Gasteiger partial charge in [-0.25, -0.2) is 8.42 Å². The van der Waals surface area contributed by atoms with Crippen LogP contribution >= 0.6 is 0 Å². The highest BCUT2D eigenvalue weighted by Crippen LogP contribution is 2.30. The smallest absolute Gasteiger partial charge is 0.233 e. The normalized spacial score (nSPS) is 16.2. The lowest BCUT2D eigenvalue weighted by Crippen LogP contribution is -2.24. The van der Waals surface area contributed by atoms with Crippen molar-refractivity contribution >= 4 is 15.7 Å². The fraction of sp³-hybridized carbons (Fsp3) is 0.533. The van der Waals surface area contributed by atoms with Crippen LogP contribution in [0.5, 0.6) is 5.75 Å². The Morgan fingerprint density at radius 3 is 2.67 bits per heavy atom. The van der Waals surface area contributed by atoms with Crippen LogP contribution in [0.3, 0.4) is 0 Å². The SMILES string of the molecule is COc1cccc(C#N)c1NS(=O)(=O)CC1CCCCC1. The summed E-state index contributed by atoms with van der Waals surface area (Å²) in [7, 11) is -2.03. The Balaban J connectivity index is 2.18. The van der Waals surface area contributed by atoms with Crippen LogP contribution in [0.1, 0.15) is 37.7 Å². The fourth-order valence-corrected chi connectivity index (χ4v) is 4.32. The molecule has 0 amide bonds. The third-order valence-electron chi connectivity index (χ3n) is 3.80. The molecular weight excluding hydrogens is 288 g/mol. The Hall–Kier alpha value is -1.74. The summed E-state index contributed by atoms with van der Waals surface area (Å²) in [5.41, 5.74) is 0.500. The summed E-state index contributed by atoms with van der Waals surface area (Å²) in [6.07, 6.45) is 5.29. The minimum Gasteiger partial charge on any atom is -0.495 e. The van der Waals surface area contributed by atoms with Crippen molar-refractivity contribution in [2.24, 2.45) is 5.92 Å². The van der Waals surface area contributed by atoms with Crippen LogP contribution in [0.15, 0.2) is 18.2 Å². The number of methoxy groups -OCH3 is 1. The molecule has 1 aromatic carbocycles. The van der Waals surface area contributed by atoms with Crippen LogP contribution < -0.4 is 9.46 Å². The molecule has 5 nitrogen and oxygen atoms in total. The van der Waals surface area contributed by atoms with Gasteiger partial charge in [-0.15, -0.1) is 0 Å². The molecule has 1 N–H and O–H groups in total. The Morgan fingerprint density at radius 2 is 2.05 bits per heavy atom. The van der Waals surface area contributed by atoms with Crippen molar-refractivity contribution in [3.63, 3.8) is 0 Å². The average molecular weight is 308 g/mol. The zero-order valence-corrected chi connectivity index (χ0v) is 12.9. The molecule has 114 valence electrons. The van der Waals surface area contributed by atoms with Gasteiger partial charge in [-0.3, -0.25) is 4.72 Å². The first-order valence-corrected chi connectivity index (χ1v) is 8.78. The molecule has 2 rings (SSSR count). The lowest BCUT2D eigenvalue weighted by molar-refractivity contribution is 0.385. The molecule has 1 aliphatic rings. The van der Waals surface area contributed by atoms with E-state index < -0.39 is 10.0 Å². The van der Waals surface area contributed by atoms with E-state index in [9.17, 15) is 8.42 Å². The molecule has 1 aliphatic carbocycles. The molecule has 0 radical (unpaired) electrons. The summed E-state index contributed by atoms with van der Waals surface area (Å²) in [6.45, 7) is 0. The molecule has 0 unspecified atom stereocenters. The zero-order chi connectivity index (χ0) is 15.3. The van der Waals surface area contributed by atoms with Crippen LogP contribution in [0.2, 0.25) is 0 Å². The number of para-hydroxylation sites is 1. The van der Waals surface area contributed by atoms with Gasteiger partial charge in [-0.05, 0) is 30.9 Å². The molecule has 0 atom stereocenters. The molecule has 0 saturated heterocycles. The molecule has 0 bridgehead atoms. The van der Waals surface area contributed by atoms with E-state index in [1.54, 1.807) is 18.2 Å². The lowest BCUT2D eigenvalue weighted by Gasteiger charge is -2.22. The third kappa shape index (κ3) is 4.11. The summed E-state index contributed by atoms with van der Waals surface area (Å²) in [4.78, 5) is 0. The standard InChI is InChI=1S/C15H20N2O3S/c1-20-14-9-5-8-13(10-16)15(14)17-21(18,19)11-12-6-3-2-4-7-12/h5,8-9,12,17H,2-4,6-7,11H2,1H3. The largest absolute Gasteiger partial charge is 0.495 e. The Bertz CT molecular complexity index is 629. The molecule has 1 fully saturated rings. The maximum absolute atomic E-state index is 12.3. The quantitative estimate of drug-likeness (QED) is 0.907. The number of rotatable bonds is 5. The van der Waals surface area contributed by atoms with Gasteiger partial charge in [0.25, 0.3) is 0 Å². The van der Waals surface area contributed by atoms with Crippen LogP contribution in [-0.2, 0) is 10.0 Å². The molecule has 1 saturated carbocycles. The van der Waals surface area contributed by atoms with Gasteiger partial charge in [-0.1, -0.05) is 25.3 Å². The van der Waals surface area contributed by atoms with E-state index >= 15 is 0 Å². The second kappa shape index (κ2) is 6.81. The Morgan fingerprint density at radius 1 is 1.33 bits per heavy atom. The number of hydrogen-bond donors (Lipinski definition) is 1. The molecule has 21 heavy (non-hydrogen) atoms. The first kappa shape index (κ1) is 15.6. The monoisotopic (exact) mass is 308 g/mol. The van der Waals surface area contributed by atoms with Gasteiger partial charge in [0.2, 0.25) is 10.0 Å². The van der Waals surface area contributed by atoms with Gasteiger partial charge in [0, 0.05) is 0 Å². The predicted octanol–water partition coefficient (Wildman–Crippen LogP) is 2.89. The van der Waals surface area contributed by atoms with Gasteiger partial charge in [0.1, 0.15) is 17.5 Å². The predicted molar refractivity (Wildman–Crippen MR) is 81.7 cm³/mol. The number of nitrogens with zero attached hydrogens (tertiary/aromatic N) is 1. The maximum Gasteiger partial charge on any atom is 0.233 e. The highest BCUT2D eigenvalue weighted by atomic mass is 32.2. The first-order chi connectivity index (χ1) is 10.1. The number of ether oxygens (including phenoxy) is 1. The molecular formula is C15H20N2O3S. The van der Waals surface area contributed by atoms with Crippen molar-refractivity contribution in [3.05, 3.63) is 23.8 Å². The average Bonchev–Trinajstić information content (AvgIpc) is 2.47. The molecule has 6 heteroatoms. The first-order valence-electron chi connectivity index (χ1n) is 7.13. The van der Waals surface area contributed by atoms with Crippen LogP contribution in [0, 0.1) is 17.2 Å². The molecule has 0 aliphatic heterocycles. The van der Waals surface area contributed by atoms with Crippen molar-refractivity contribution in [3.8, 4) is 11.8 Å². The van der Waals surface area contributed by atoms with Gasteiger partial charge in [0.05, 0.1) is 18.4 Å². The van der Waals surface area contributed by atoms with Crippen LogP contribution in [0.4, 0.5) is 5.69 Å². The Kier molecular flexibility index (Phi) is 5.07. The van der Waals surface area contributed by atoms with Crippen LogP contribution in [-0.4, -0.2) is 21.3 Å². The maximum atomic E-state index is 12.3. The summed E-state index contributed by atoms with van der Waals surface area (Å²) >= 11 is 0. The molecule has 0 heterocycles. The molecule has 0 aromatic heterocycles. The topological polar surface area (TPSA) is 79.2 Å². The van der Waals surface area contributed by atoms with Gasteiger partial charge >= 0.3 is 0 Å². The summed E-state index contributed by atoms with van der Waals surface area (Å²) in [5, 5.41) is 9.12. The molecule has 0 spiro atoms. The summed E-state index contributed by atoms with van der Waals surface area (Å²) in [5.74, 6) is 0.674. The second-order valence-corrected chi connectivity index (χ2v) is 7.15. The van der Waals surface area contributed by atoms with E-state index in [4.69, 9.17) is 10.00 Å². The van der Waals surface area contributed by atoms with Gasteiger partial charge in [0.15, 0.2) is 0 Å². The van der Waals surface area contributed by atoms with Gasteiger partial charge < -0.3 is 4.74 Å². The zero-order valence-electron chi connectivity index (χ0n) is 12.1. The van der Waals surface area contributed by atoms with E-state index in [2.05, 4.69) is 4.72 Å². The summed E-state index contributed by atoms with van der Waals surface area (Å²) < 4.78 is 32.3. The number of anilines is 1. The number of nitrogens with one attached hydrogen (secondary N) is 1. The number of sulfonamides is 1. The van der Waals surface area contributed by atoms with E-state index in [0.29, 0.717) is 5.75 Å². The lowest BCUT2D eigenvalue weighted by atomic mass is 9.91. The number of nitriles is 1. The number of benzene rings is 1. The van der Waals surface area contributed by atoms with E-state index in [1.807, 2.05) is 6.07 Å². The Labute approximate surface area is 126 Å². The molecule has 1 aromatic rings.